The van der Waals surface area contributed by atoms with Crippen LogP contribution in [0.2, 0.25) is 0 Å². The van der Waals surface area contributed by atoms with Crippen molar-refractivity contribution in [2.75, 3.05) is 32.9 Å². The van der Waals surface area contributed by atoms with Crippen molar-refractivity contribution >= 4 is 53.2 Å². The third-order valence-electron chi connectivity index (χ3n) is 8.18. The van der Waals surface area contributed by atoms with Gasteiger partial charge in [0.05, 0.1) is 51.2 Å². The predicted octanol–water partition coefficient (Wildman–Crippen LogP) is -9.10. The minimum Gasteiger partial charge on any atom is -0.480 e. The summed E-state index contributed by atoms with van der Waals surface area (Å²) in [7, 11) is 0. The Morgan fingerprint density at radius 1 is 0.525 bits per heavy atom. The average molecular weight is 844 g/mol. The van der Waals surface area contributed by atoms with Crippen LogP contribution >= 0.6 is 0 Å². The number of carboxylic acids is 1. The summed E-state index contributed by atoms with van der Waals surface area (Å²) in [5.41, 5.74) is 6.12. The number of nitrogens with two attached hydrogens (primary N) is 1. The first-order chi connectivity index (χ1) is 27.7. The van der Waals surface area contributed by atoms with E-state index in [1.54, 1.807) is 30.3 Å². The first-order valence-corrected chi connectivity index (χ1v) is 17.9. The highest BCUT2D eigenvalue weighted by Gasteiger charge is 2.35. The molecular weight excluding hydrogens is 790 g/mol. The number of benzene rings is 1. The molecular formula is C34H53N9O16. The molecule has 1 rings (SSSR count). The summed E-state index contributed by atoms with van der Waals surface area (Å²) < 4.78 is 0. The Hall–Kier alpha value is -5.83. The van der Waals surface area contributed by atoms with Gasteiger partial charge in [-0.15, -0.1) is 0 Å². The van der Waals surface area contributed by atoms with E-state index in [0.29, 0.717) is 5.56 Å². The first kappa shape index (κ1) is 51.2. The standard InChI is InChI=1S/C34H53N9O16/c1-15(47)25(35)31(55)42-27(17(3)49)33(57)43-26(16(2)48)32(56)41-21(13-45)29(53)37-10-23(50)38-20(12-44)28(52)36-11-24(51)39-22(14-46)30(54)40-19(34(58)59)9-18-7-5-4-6-8-18/h4-8,15-17,19-22,25-27,44-49H,9-14,35H2,1-3H3,(H,36,52)(H,37,53)(H,38,50)(H,39,51)(H,40,54)(H,41,56)(H,42,55)(H,43,57)(H,58,59)/t15-,16-,17-,19+,20+,21+,22+,25+,26+,27+/m1/s1. The van der Waals surface area contributed by atoms with Crippen LogP contribution in [0.5, 0.6) is 0 Å². The van der Waals surface area contributed by atoms with Crippen LogP contribution in [0.25, 0.3) is 0 Å². The van der Waals surface area contributed by atoms with E-state index in [2.05, 4.69) is 31.9 Å². The van der Waals surface area contributed by atoms with Gasteiger partial charge in [-0.2, -0.15) is 0 Å². The van der Waals surface area contributed by atoms with Crippen LogP contribution in [0.15, 0.2) is 30.3 Å². The lowest BCUT2D eigenvalue weighted by Crippen LogP contribution is -2.63. The lowest BCUT2D eigenvalue weighted by Gasteiger charge is -2.28. The number of hydrogen-bond acceptors (Lipinski definition) is 16. The van der Waals surface area contributed by atoms with Crippen LogP contribution in [-0.4, -0.2) is 182 Å². The van der Waals surface area contributed by atoms with E-state index in [9.17, 15) is 78.9 Å². The van der Waals surface area contributed by atoms with Crippen molar-refractivity contribution in [1.29, 1.82) is 0 Å². The number of carbonyl (C=O) groups is 9. The van der Waals surface area contributed by atoms with Gasteiger partial charge in [0.1, 0.15) is 42.3 Å². The number of amides is 8. The number of aliphatic hydroxyl groups excluding tert-OH is 6. The summed E-state index contributed by atoms with van der Waals surface area (Å²) in [5, 5.41) is 84.9. The summed E-state index contributed by atoms with van der Waals surface area (Å²) in [6.45, 7) is -1.38. The summed E-state index contributed by atoms with van der Waals surface area (Å²) in [4.78, 5) is 112. The molecule has 0 spiro atoms. The van der Waals surface area contributed by atoms with E-state index in [0.717, 1.165) is 13.8 Å². The molecule has 0 aliphatic carbocycles. The molecule has 0 heterocycles. The molecule has 330 valence electrons. The Bertz CT molecular complexity index is 1610. The molecule has 0 radical (unpaired) electrons. The number of aliphatic carboxylic acids is 1. The maximum Gasteiger partial charge on any atom is 0.326 e. The number of rotatable bonds is 25. The molecule has 1 aromatic rings. The Balaban J connectivity index is 2.73. The van der Waals surface area contributed by atoms with Crippen molar-refractivity contribution in [3.05, 3.63) is 35.9 Å². The second kappa shape index (κ2) is 25.5. The maximum atomic E-state index is 12.9. The third-order valence-corrected chi connectivity index (χ3v) is 8.18. The lowest BCUT2D eigenvalue weighted by atomic mass is 10.1. The maximum absolute atomic E-state index is 12.9. The number of carboxylic acid groups (broad SMARTS) is 1. The van der Waals surface area contributed by atoms with Crippen LogP contribution in [0.1, 0.15) is 26.3 Å². The van der Waals surface area contributed by atoms with E-state index in [4.69, 9.17) is 5.73 Å². The lowest BCUT2D eigenvalue weighted by molar-refractivity contribution is -0.142. The highest BCUT2D eigenvalue weighted by Crippen LogP contribution is 2.05. The van der Waals surface area contributed by atoms with Gasteiger partial charge in [0.25, 0.3) is 0 Å². The minimum absolute atomic E-state index is 0.104. The molecule has 0 aliphatic rings. The average Bonchev–Trinajstić information content (AvgIpc) is 3.19. The van der Waals surface area contributed by atoms with Crippen molar-refractivity contribution in [3.8, 4) is 0 Å². The molecule has 0 aliphatic heterocycles. The van der Waals surface area contributed by atoms with Gasteiger partial charge in [0.2, 0.25) is 47.3 Å². The Kier molecular flexibility index (Phi) is 22.1. The fraction of sp³-hybridized carbons (Fsp3) is 0.559. The normalized spacial score (nSPS) is 16.0. The molecule has 25 heteroatoms. The number of hydrogen-bond donors (Lipinski definition) is 16. The number of nitrogens with one attached hydrogen (secondary N) is 8. The van der Waals surface area contributed by atoms with Gasteiger partial charge in [0.15, 0.2) is 0 Å². The van der Waals surface area contributed by atoms with E-state index >= 15 is 0 Å². The summed E-state index contributed by atoms with van der Waals surface area (Å²) in [6, 6.07) is -3.25. The van der Waals surface area contributed by atoms with Crippen molar-refractivity contribution in [1.82, 2.24) is 42.5 Å². The van der Waals surface area contributed by atoms with Gasteiger partial charge in [-0.1, -0.05) is 30.3 Å². The fourth-order valence-corrected chi connectivity index (χ4v) is 4.76. The third kappa shape index (κ3) is 17.7. The van der Waals surface area contributed by atoms with Gasteiger partial charge in [0, 0.05) is 6.42 Å². The zero-order valence-electron chi connectivity index (χ0n) is 32.3. The molecule has 0 unspecified atom stereocenters. The van der Waals surface area contributed by atoms with Crippen molar-refractivity contribution in [2.24, 2.45) is 5.73 Å². The SMILES string of the molecule is C[C@@H](O)[C@H](N)C(=O)N[C@H](C(=O)N[C@H](C(=O)N[C@@H](CO)C(=O)NCC(=O)N[C@@H](CO)C(=O)NCC(=O)N[C@@H](CO)C(=O)N[C@@H](Cc1ccccc1)C(=O)O)[C@@H](C)O)[C@@H](C)O. The molecule has 0 saturated carbocycles. The van der Waals surface area contributed by atoms with E-state index in [1.165, 1.54) is 6.92 Å². The molecule has 8 amide bonds. The molecule has 25 nitrogen and oxygen atoms in total. The Morgan fingerprint density at radius 3 is 1.32 bits per heavy atom. The second-order valence-corrected chi connectivity index (χ2v) is 13.1. The van der Waals surface area contributed by atoms with Crippen molar-refractivity contribution < 1.29 is 78.9 Å². The van der Waals surface area contributed by atoms with Crippen LogP contribution in [0, 0.1) is 0 Å². The first-order valence-electron chi connectivity index (χ1n) is 17.9. The quantitative estimate of drug-likeness (QED) is 0.0434. The van der Waals surface area contributed by atoms with Crippen LogP contribution in [0.3, 0.4) is 0 Å². The summed E-state index contributed by atoms with van der Waals surface area (Å²) >= 11 is 0. The molecule has 1 aromatic carbocycles. The van der Waals surface area contributed by atoms with Gasteiger partial charge in [-0.25, -0.2) is 4.79 Å². The van der Waals surface area contributed by atoms with Gasteiger partial charge in [-0.3, -0.25) is 38.4 Å². The number of aliphatic hydroxyl groups is 6. The molecule has 0 fully saturated rings. The molecule has 17 N–H and O–H groups in total. The van der Waals surface area contributed by atoms with Crippen LogP contribution in [0.4, 0.5) is 0 Å². The van der Waals surface area contributed by atoms with Crippen molar-refractivity contribution in [3.63, 3.8) is 0 Å². The van der Waals surface area contributed by atoms with Crippen LogP contribution in [-0.2, 0) is 49.6 Å². The van der Waals surface area contributed by atoms with Crippen molar-refractivity contribution in [2.45, 2.75) is 87.8 Å². The van der Waals surface area contributed by atoms with Crippen LogP contribution < -0.4 is 48.3 Å². The topological polar surface area (TPSA) is 417 Å². The fourth-order valence-electron chi connectivity index (χ4n) is 4.76. The largest absolute Gasteiger partial charge is 0.480 e. The molecule has 0 aromatic heterocycles. The monoisotopic (exact) mass is 843 g/mol. The summed E-state index contributed by atoms with van der Waals surface area (Å²) in [5.74, 6) is -10.3. The van der Waals surface area contributed by atoms with Gasteiger partial charge >= 0.3 is 5.97 Å². The van der Waals surface area contributed by atoms with E-state index in [1.807, 2.05) is 10.6 Å². The molecule has 59 heavy (non-hydrogen) atoms. The summed E-state index contributed by atoms with van der Waals surface area (Å²) in [6.07, 6.45) is -4.65. The smallest absolute Gasteiger partial charge is 0.326 e. The van der Waals surface area contributed by atoms with Gasteiger partial charge < -0.3 is 84.0 Å². The second-order valence-electron chi connectivity index (χ2n) is 13.1. The zero-order valence-corrected chi connectivity index (χ0v) is 32.3. The van der Waals surface area contributed by atoms with E-state index in [-0.39, 0.29) is 6.42 Å². The number of carbonyl (C=O) groups excluding carboxylic acids is 8. The minimum atomic E-state index is -1.83. The van der Waals surface area contributed by atoms with E-state index < -0.39 is 147 Å². The Labute approximate surface area is 336 Å². The molecule has 0 saturated heterocycles. The molecule has 0 bridgehead atoms. The highest BCUT2D eigenvalue weighted by molar-refractivity contribution is 5.97. The zero-order chi connectivity index (χ0) is 45.0. The molecule has 10 atom stereocenters. The predicted molar refractivity (Wildman–Crippen MR) is 200 cm³/mol. The Morgan fingerprint density at radius 2 is 0.915 bits per heavy atom. The highest BCUT2D eigenvalue weighted by atomic mass is 16.4. The van der Waals surface area contributed by atoms with Gasteiger partial charge in [-0.05, 0) is 26.3 Å².